The van der Waals surface area contributed by atoms with Gasteiger partial charge in [0.2, 0.25) is 5.88 Å². The molecule has 0 saturated heterocycles. The van der Waals surface area contributed by atoms with Gasteiger partial charge >= 0.3 is 5.97 Å². The van der Waals surface area contributed by atoms with Crippen LogP contribution in [0.3, 0.4) is 0 Å². The third kappa shape index (κ3) is 4.63. The van der Waals surface area contributed by atoms with Gasteiger partial charge in [-0.25, -0.2) is 17.6 Å². The number of carboxylic acid groups (broad SMARTS) is 1. The number of carboxylic acids is 1. The van der Waals surface area contributed by atoms with E-state index in [1.165, 1.54) is 30.3 Å². The van der Waals surface area contributed by atoms with E-state index in [9.17, 15) is 37.9 Å². The minimum absolute atomic E-state index is 0.169. The maximum absolute atomic E-state index is 13.6. The summed E-state index contributed by atoms with van der Waals surface area (Å²) in [5.41, 5.74) is -1.43. The highest BCUT2D eigenvalue weighted by Gasteiger charge is 2.23. The minimum Gasteiger partial charge on any atom is -0.493 e. The molecule has 3 aromatic carbocycles. The summed E-state index contributed by atoms with van der Waals surface area (Å²) < 4.78 is 41.2. The maximum Gasteiger partial charge on any atom is 0.337 e. The normalized spacial score (nSPS) is 11.7. The van der Waals surface area contributed by atoms with Crippen molar-refractivity contribution >= 4 is 49.6 Å². The Labute approximate surface area is 195 Å². The molecule has 0 fully saturated rings. The number of nitrogens with zero attached hydrogens (tertiary/aromatic N) is 3. The van der Waals surface area contributed by atoms with E-state index in [0.29, 0.717) is 5.52 Å². The Balaban J connectivity index is 1.71. The molecule has 12 nitrogen and oxygen atoms in total. The molecule has 0 amide bonds. The molecule has 14 heteroatoms. The van der Waals surface area contributed by atoms with Crippen molar-refractivity contribution < 1.29 is 32.7 Å². The molecule has 178 valence electrons. The molecule has 0 radical (unpaired) electrons. The van der Waals surface area contributed by atoms with E-state index in [1.54, 1.807) is 0 Å². The first kappa shape index (κ1) is 23.3. The van der Waals surface area contributed by atoms with Crippen LogP contribution in [0.5, 0.6) is 5.88 Å². The molecule has 0 bridgehead atoms. The van der Waals surface area contributed by atoms with Gasteiger partial charge in [-0.1, -0.05) is 12.1 Å². The number of nitro benzene ring substituents is 1. The number of carbonyl (C=O) groups is 1. The lowest BCUT2D eigenvalue weighted by molar-refractivity contribution is -0.384. The van der Waals surface area contributed by atoms with Crippen LogP contribution in [0.2, 0.25) is 0 Å². The molecule has 1 heterocycles. The Morgan fingerprint density at radius 1 is 1.09 bits per heavy atom. The number of aromatic nitrogens is 1. The van der Waals surface area contributed by atoms with Crippen LogP contribution in [-0.4, -0.2) is 34.5 Å². The molecule has 0 aliphatic heterocycles. The molecule has 0 aliphatic rings. The third-order valence-corrected chi connectivity index (χ3v) is 6.19. The van der Waals surface area contributed by atoms with Gasteiger partial charge < -0.3 is 15.2 Å². The Kier molecular flexibility index (Phi) is 5.88. The number of nitrogens with one attached hydrogen (secondary N) is 2. The summed E-state index contributed by atoms with van der Waals surface area (Å²) in [6, 6.07) is 11.6. The number of fused-ring (bicyclic) bond motifs is 1. The first-order valence-electron chi connectivity index (χ1n) is 9.62. The van der Waals surface area contributed by atoms with Gasteiger partial charge in [0, 0.05) is 11.5 Å². The van der Waals surface area contributed by atoms with Gasteiger partial charge in [-0.3, -0.25) is 14.8 Å². The van der Waals surface area contributed by atoms with Crippen molar-refractivity contribution in [3.05, 3.63) is 82.2 Å². The van der Waals surface area contributed by atoms with E-state index < -0.39 is 43.2 Å². The zero-order chi connectivity index (χ0) is 25.3. The molecule has 0 saturated carbocycles. The molecule has 0 aliphatic carbocycles. The van der Waals surface area contributed by atoms with Gasteiger partial charge in [0.25, 0.3) is 15.7 Å². The zero-order valence-corrected chi connectivity index (χ0v) is 18.2. The van der Waals surface area contributed by atoms with Crippen LogP contribution in [0, 0.1) is 15.9 Å². The van der Waals surface area contributed by atoms with Gasteiger partial charge in [0.1, 0.15) is 5.82 Å². The van der Waals surface area contributed by atoms with Crippen molar-refractivity contribution in [2.75, 3.05) is 4.72 Å². The van der Waals surface area contributed by atoms with Crippen LogP contribution >= 0.6 is 0 Å². The predicted octanol–water partition coefficient (Wildman–Crippen LogP) is 4.84. The van der Waals surface area contributed by atoms with E-state index in [2.05, 4.69) is 19.9 Å². The second-order valence-electron chi connectivity index (χ2n) is 7.08. The van der Waals surface area contributed by atoms with Crippen LogP contribution < -0.4 is 4.72 Å². The van der Waals surface area contributed by atoms with Gasteiger partial charge in [0.15, 0.2) is 11.4 Å². The fraction of sp³-hybridized carbons (Fsp3) is 0. The number of nitro groups is 1. The second-order valence-corrected chi connectivity index (χ2v) is 8.76. The van der Waals surface area contributed by atoms with Crippen LogP contribution in [-0.2, 0) is 10.0 Å². The van der Waals surface area contributed by atoms with E-state index in [0.717, 1.165) is 30.3 Å². The van der Waals surface area contributed by atoms with Crippen LogP contribution in [0.4, 0.5) is 27.1 Å². The molecular weight excluding hydrogens is 485 g/mol. The van der Waals surface area contributed by atoms with Crippen molar-refractivity contribution in [3.63, 3.8) is 0 Å². The molecule has 0 spiro atoms. The zero-order valence-electron chi connectivity index (χ0n) is 17.3. The topological polar surface area (TPSA) is 187 Å². The van der Waals surface area contributed by atoms with E-state index in [-0.39, 0.29) is 28.0 Å². The number of azo groups is 1. The number of rotatable bonds is 7. The van der Waals surface area contributed by atoms with Crippen molar-refractivity contribution in [1.29, 1.82) is 0 Å². The molecule has 0 atom stereocenters. The average Bonchev–Trinajstić information content (AvgIpc) is 3.11. The second kappa shape index (κ2) is 8.83. The lowest BCUT2D eigenvalue weighted by atomic mass is 10.2. The minimum atomic E-state index is -4.42. The van der Waals surface area contributed by atoms with Crippen molar-refractivity contribution in [3.8, 4) is 5.88 Å². The van der Waals surface area contributed by atoms with E-state index >= 15 is 0 Å². The smallest absolute Gasteiger partial charge is 0.337 e. The van der Waals surface area contributed by atoms with Gasteiger partial charge in [-0.2, -0.15) is 0 Å². The van der Waals surface area contributed by atoms with Gasteiger partial charge in [0.05, 0.1) is 26.6 Å². The Hall–Kier alpha value is -4.85. The van der Waals surface area contributed by atoms with E-state index in [4.69, 9.17) is 0 Å². The fourth-order valence-corrected chi connectivity index (χ4v) is 4.30. The van der Waals surface area contributed by atoms with Crippen LogP contribution in [0.25, 0.3) is 10.9 Å². The highest BCUT2D eigenvalue weighted by atomic mass is 32.2. The lowest BCUT2D eigenvalue weighted by Gasteiger charge is -2.10. The molecular formula is C21H14FN5O7S. The van der Waals surface area contributed by atoms with Gasteiger partial charge in [-0.05, 0) is 42.5 Å². The SMILES string of the molecule is O=C(O)c1ccccc1NS(=O)(=O)c1ccc(N=Nc2c(O)[nH]c3ccc(F)cc23)c([N+](=O)[O-])c1. The van der Waals surface area contributed by atoms with E-state index in [1.807, 2.05) is 0 Å². The summed E-state index contributed by atoms with van der Waals surface area (Å²) in [6.07, 6.45) is 0. The first-order valence-corrected chi connectivity index (χ1v) is 11.1. The summed E-state index contributed by atoms with van der Waals surface area (Å²) in [5.74, 6) is -2.42. The fourth-order valence-electron chi connectivity index (χ4n) is 3.20. The highest BCUT2D eigenvalue weighted by Crippen LogP contribution is 2.38. The number of hydrogen-bond donors (Lipinski definition) is 4. The number of halogens is 1. The van der Waals surface area contributed by atoms with Gasteiger partial charge in [-0.15, -0.1) is 10.2 Å². The summed E-state index contributed by atoms with van der Waals surface area (Å²) >= 11 is 0. The Morgan fingerprint density at radius 2 is 1.83 bits per heavy atom. The lowest BCUT2D eigenvalue weighted by Crippen LogP contribution is -2.15. The van der Waals surface area contributed by atoms with Crippen molar-refractivity contribution in [2.45, 2.75) is 4.90 Å². The molecule has 4 N–H and O–H groups in total. The number of H-pyrrole nitrogens is 1. The van der Waals surface area contributed by atoms with Crippen molar-refractivity contribution in [1.82, 2.24) is 4.98 Å². The number of benzene rings is 3. The Bertz CT molecular complexity index is 1630. The number of aromatic amines is 1. The first-order chi connectivity index (χ1) is 16.6. The summed E-state index contributed by atoms with van der Waals surface area (Å²) in [7, 11) is -4.42. The standard InChI is InChI=1S/C21H14FN5O7S/c22-11-5-7-15-14(9-11)19(20(28)23-15)25-24-17-8-6-12(10-18(17)27(31)32)35(33,34)26-16-4-2-1-3-13(16)21(29)30/h1-10,23,26,28H,(H,29,30). The average molecular weight is 499 g/mol. The third-order valence-electron chi connectivity index (χ3n) is 4.83. The monoisotopic (exact) mass is 499 g/mol. The molecule has 35 heavy (non-hydrogen) atoms. The number of hydrogen-bond acceptors (Lipinski definition) is 8. The number of para-hydroxylation sites is 1. The highest BCUT2D eigenvalue weighted by molar-refractivity contribution is 7.92. The maximum atomic E-state index is 13.6. The molecule has 4 rings (SSSR count). The number of aromatic carboxylic acids is 1. The quantitative estimate of drug-likeness (QED) is 0.159. The summed E-state index contributed by atoms with van der Waals surface area (Å²) in [5, 5.41) is 38.6. The number of aromatic hydroxyl groups is 1. The van der Waals surface area contributed by atoms with Crippen LogP contribution in [0.1, 0.15) is 10.4 Å². The van der Waals surface area contributed by atoms with Crippen LogP contribution in [0.15, 0.2) is 75.8 Å². The number of sulfonamides is 1. The largest absolute Gasteiger partial charge is 0.493 e. The number of anilines is 1. The molecule has 0 unspecified atom stereocenters. The Morgan fingerprint density at radius 3 is 2.54 bits per heavy atom. The predicted molar refractivity (Wildman–Crippen MR) is 121 cm³/mol. The molecule has 4 aromatic rings. The van der Waals surface area contributed by atoms with Crippen molar-refractivity contribution in [2.24, 2.45) is 10.2 Å². The summed E-state index contributed by atoms with van der Waals surface area (Å²) in [4.78, 5) is 24.1. The molecule has 1 aromatic heterocycles. The summed E-state index contributed by atoms with van der Waals surface area (Å²) in [6.45, 7) is 0.